The third-order valence-electron chi connectivity index (χ3n) is 2.13. The molecule has 0 aliphatic heterocycles. The highest BCUT2D eigenvalue weighted by Gasteiger charge is 2.19. The van der Waals surface area contributed by atoms with Gasteiger partial charge in [-0.1, -0.05) is 6.07 Å². The highest BCUT2D eigenvalue weighted by atomic mass is 16.7. The van der Waals surface area contributed by atoms with E-state index in [0.717, 1.165) is 5.56 Å². The minimum absolute atomic E-state index is 0.353. The van der Waals surface area contributed by atoms with Gasteiger partial charge in [0.2, 0.25) is 0 Å². The van der Waals surface area contributed by atoms with Crippen LogP contribution in [0.5, 0.6) is 0 Å². The Morgan fingerprint density at radius 3 is 2.67 bits per heavy atom. The molecule has 0 spiro atoms. The summed E-state index contributed by atoms with van der Waals surface area (Å²) in [6, 6.07) is 3.58. The van der Waals surface area contributed by atoms with Crippen molar-refractivity contribution in [3.05, 3.63) is 23.9 Å². The molecule has 0 radical (unpaired) electrons. The van der Waals surface area contributed by atoms with Gasteiger partial charge in [-0.15, -0.1) is 0 Å². The first-order chi connectivity index (χ1) is 7.19. The van der Waals surface area contributed by atoms with Crippen LogP contribution < -0.4 is 5.73 Å². The summed E-state index contributed by atoms with van der Waals surface area (Å²) in [7, 11) is 2.95. The summed E-state index contributed by atoms with van der Waals surface area (Å²) < 4.78 is 9.88. The van der Waals surface area contributed by atoms with E-state index < -0.39 is 12.4 Å². The number of nitrogens with two attached hydrogens (primary N) is 1. The minimum Gasteiger partial charge on any atom is -0.387 e. The van der Waals surface area contributed by atoms with Gasteiger partial charge in [-0.3, -0.25) is 0 Å². The summed E-state index contributed by atoms with van der Waals surface area (Å²) in [5, 5.41) is 9.75. The van der Waals surface area contributed by atoms with Crippen molar-refractivity contribution < 1.29 is 14.6 Å². The van der Waals surface area contributed by atoms with E-state index >= 15 is 0 Å². The monoisotopic (exact) mass is 212 g/mol. The first-order valence-electron chi connectivity index (χ1n) is 4.62. The number of aliphatic hydroxyl groups is 1. The summed E-state index contributed by atoms with van der Waals surface area (Å²) in [5.41, 5.74) is 6.43. The van der Waals surface area contributed by atoms with E-state index in [1.54, 1.807) is 12.3 Å². The minimum atomic E-state index is -0.758. The standard InChI is InChI=1S/C10H16N2O3/c1-14-10(15-2)8(13)6-7-4-3-5-12-9(7)11/h3-5,8,10,13H,6H2,1-2H3,(H2,11,12). The predicted molar refractivity (Wildman–Crippen MR) is 56.2 cm³/mol. The van der Waals surface area contributed by atoms with Gasteiger partial charge in [-0.2, -0.15) is 0 Å². The van der Waals surface area contributed by atoms with Crippen molar-refractivity contribution in [3.63, 3.8) is 0 Å². The number of aliphatic hydroxyl groups excluding tert-OH is 1. The fourth-order valence-corrected chi connectivity index (χ4v) is 1.36. The Hall–Kier alpha value is -1.17. The maximum atomic E-state index is 9.75. The van der Waals surface area contributed by atoms with Crippen LogP contribution in [-0.4, -0.2) is 36.7 Å². The zero-order valence-corrected chi connectivity index (χ0v) is 8.88. The van der Waals surface area contributed by atoms with Crippen molar-refractivity contribution in [3.8, 4) is 0 Å². The molecule has 0 bridgehead atoms. The van der Waals surface area contributed by atoms with Crippen LogP contribution in [0.4, 0.5) is 5.82 Å². The second-order valence-electron chi connectivity index (χ2n) is 3.16. The molecule has 0 aliphatic rings. The van der Waals surface area contributed by atoms with Gasteiger partial charge >= 0.3 is 0 Å². The third-order valence-corrected chi connectivity index (χ3v) is 2.13. The van der Waals surface area contributed by atoms with E-state index in [9.17, 15) is 5.11 Å². The average Bonchev–Trinajstić information content (AvgIpc) is 2.23. The number of ether oxygens (including phenoxy) is 2. The Balaban J connectivity index is 2.65. The molecule has 0 saturated heterocycles. The van der Waals surface area contributed by atoms with Crippen molar-refractivity contribution in [2.24, 2.45) is 0 Å². The zero-order chi connectivity index (χ0) is 11.3. The molecule has 0 fully saturated rings. The van der Waals surface area contributed by atoms with E-state index in [-0.39, 0.29) is 0 Å². The van der Waals surface area contributed by atoms with E-state index in [4.69, 9.17) is 15.2 Å². The fraction of sp³-hybridized carbons (Fsp3) is 0.500. The van der Waals surface area contributed by atoms with Gasteiger partial charge in [0.25, 0.3) is 0 Å². The largest absolute Gasteiger partial charge is 0.387 e. The highest BCUT2D eigenvalue weighted by molar-refractivity contribution is 5.38. The number of anilines is 1. The molecule has 1 aromatic rings. The van der Waals surface area contributed by atoms with Gasteiger partial charge in [0, 0.05) is 26.8 Å². The van der Waals surface area contributed by atoms with Crippen molar-refractivity contribution in [1.82, 2.24) is 4.98 Å². The summed E-state index contributed by atoms with van der Waals surface area (Å²) in [5.74, 6) is 0.419. The fourth-order valence-electron chi connectivity index (χ4n) is 1.36. The van der Waals surface area contributed by atoms with Crippen LogP contribution in [0.1, 0.15) is 5.56 Å². The quantitative estimate of drug-likeness (QED) is 0.681. The number of hydrogen-bond acceptors (Lipinski definition) is 5. The topological polar surface area (TPSA) is 77.6 Å². The normalized spacial score (nSPS) is 13.1. The maximum Gasteiger partial charge on any atom is 0.183 e. The molecule has 5 heteroatoms. The zero-order valence-electron chi connectivity index (χ0n) is 8.88. The highest BCUT2D eigenvalue weighted by Crippen LogP contribution is 2.12. The number of methoxy groups -OCH3 is 2. The lowest BCUT2D eigenvalue weighted by Gasteiger charge is -2.20. The molecule has 0 aromatic carbocycles. The van der Waals surface area contributed by atoms with Gasteiger partial charge in [-0.25, -0.2) is 4.98 Å². The molecule has 1 atom stereocenters. The molecule has 1 aromatic heterocycles. The Bertz CT molecular complexity index is 302. The predicted octanol–water partition coefficient (Wildman–Crippen LogP) is 0.186. The Morgan fingerprint density at radius 1 is 1.47 bits per heavy atom. The number of rotatable bonds is 5. The van der Waals surface area contributed by atoms with Crippen LogP contribution >= 0.6 is 0 Å². The molecule has 1 heterocycles. The number of nitrogens with zero attached hydrogens (tertiary/aromatic N) is 1. The second kappa shape index (κ2) is 5.65. The van der Waals surface area contributed by atoms with E-state index in [2.05, 4.69) is 4.98 Å². The summed E-state index contributed by atoms with van der Waals surface area (Å²) in [6.45, 7) is 0. The molecular formula is C10H16N2O3. The average molecular weight is 212 g/mol. The SMILES string of the molecule is COC(OC)C(O)Cc1cccnc1N. The number of hydrogen-bond donors (Lipinski definition) is 2. The summed E-state index contributed by atoms with van der Waals surface area (Å²) in [4.78, 5) is 3.93. The molecule has 0 amide bonds. The second-order valence-corrected chi connectivity index (χ2v) is 3.16. The lowest BCUT2D eigenvalue weighted by atomic mass is 10.1. The van der Waals surface area contributed by atoms with E-state index in [1.807, 2.05) is 6.07 Å². The van der Waals surface area contributed by atoms with E-state index in [1.165, 1.54) is 14.2 Å². The Morgan fingerprint density at radius 2 is 2.13 bits per heavy atom. The van der Waals surface area contributed by atoms with Crippen LogP contribution in [0.25, 0.3) is 0 Å². The molecule has 5 nitrogen and oxygen atoms in total. The van der Waals surface area contributed by atoms with Crippen LogP contribution in [0.3, 0.4) is 0 Å². The number of aromatic nitrogens is 1. The molecule has 0 aliphatic carbocycles. The molecular weight excluding hydrogens is 196 g/mol. The molecule has 0 saturated carbocycles. The lowest BCUT2D eigenvalue weighted by Crippen LogP contribution is -2.31. The van der Waals surface area contributed by atoms with Gasteiger partial charge in [-0.05, 0) is 11.6 Å². The third kappa shape index (κ3) is 3.16. The smallest absolute Gasteiger partial charge is 0.183 e. The van der Waals surface area contributed by atoms with E-state index in [0.29, 0.717) is 12.2 Å². The number of pyridine rings is 1. The Labute approximate surface area is 88.8 Å². The molecule has 1 rings (SSSR count). The van der Waals surface area contributed by atoms with Gasteiger partial charge in [0.15, 0.2) is 6.29 Å². The first-order valence-corrected chi connectivity index (χ1v) is 4.62. The van der Waals surface area contributed by atoms with Crippen molar-refractivity contribution in [1.29, 1.82) is 0 Å². The van der Waals surface area contributed by atoms with Crippen LogP contribution in [-0.2, 0) is 15.9 Å². The van der Waals surface area contributed by atoms with Crippen LogP contribution in [0.2, 0.25) is 0 Å². The van der Waals surface area contributed by atoms with Crippen molar-refractivity contribution >= 4 is 5.82 Å². The molecule has 84 valence electrons. The number of nitrogen functional groups attached to an aromatic ring is 1. The Kier molecular flexibility index (Phi) is 4.48. The van der Waals surface area contributed by atoms with Crippen LogP contribution in [0.15, 0.2) is 18.3 Å². The lowest BCUT2D eigenvalue weighted by molar-refractivity contribution is -0.163. The maximum absolute atomic E-state index is 9.75. The summed E-state index contributed by atoms with van der Waals surface area (Å²) >= 11 is 0. The van der Waals surface area contributed by atoms with Gasteiger partial charge in [0.1, 0.15) is 11.9 Å². The van der Waals surface area contributed by atoms with Crippen molar-refractivity contribution in [2.75, 3.05) is 20.0 Å². The van der Waals surface area contributed by atoms with Gasteiger partial charge in [0.05, 0.1) is 0 Å². The van der Waals surface area contributed by atoms with Gasteiger partial charge < -0.3 is 20.3 Å². The molecule has 1 unspecified atom stereocenters. The first kappa shape index (κ1) is 11.9. The molecule has 15 heavy (non-hydrogen) atoms. The van der Waals surface area contributed by atoms with Crippen LogP contribution in [0, 0.1) is 0 Å². The van der Waals surface area contributed by atoms with Crippen molar-refractivity contribution in [2.45, 2.75) is 18.8 Å². The molecule has 3 N–H and O–H groups in total. The summed E-state index contributed by atoms with van der Waals surface area (Å²) in [6.07, 6.45) is 0.553.